The van der Waals surface area contributed by atoms with Gasteiger partial charge in [-0.15, -0.1) is 5.48 Å². The number of hydroxylamine groups is 1. The van der Waals surface area contributed by atoms with Gasteiger partial charge in [-0.1, -0.05) is 22.6 Å². The Morgan fingerprint density at radius 1 is 2.00 bits per heavy atom. The van der Waals surface area contributed by atoms with E-state index in [0.29, 0.717) is 6.42 Å². The summed E-state index contributed by atoms with van der Waals surface area (Å²) in [6.45, 7) is 0. The predicted octanol–water partition coefficient (Wildman–Crippen LogP) is 0.199. The van der Waals surface area contributed by atoms with Gasteiger partial charge in [0.25, 0.3) is 0 Å². The molecular weight excluding hydrogens is 209 g/mol. The first-order valence-electron chi connectivity index (χ1n) is 1.88. The third-order valence-electron chi connectivity index (χ3n) is 0.647. The van der Waals surface area contributed by atoms with E-state index in [1.165, 1.54) is 0 Å². The third-order valence-corrected chi connectivity index (χ3v) is 1.34. The first-order chi connectivity index (χ1) is 3.29. The summed E-state index contributed by atoms with van der Waals surface area (Å²) in [5.41, 5.74) is 2.51. The Morgan fingerprint density at radius 2 is 2.71 bits per heavy atom. The lowest BCUT2D eigenvalue weighted by Crippen LogP contribution is -2.11. The molecule has 1 saturated heterocycles. The van der Waals surface area contributed by atoms with Crippen LogP contribution in [0.25, 0.3) is 0 Å². The van der Waals surface area contributed by atoms with Crippen LogP contribution in [0.2, 0.25) is 0 Å². The van der Waals surface area contributed by atoms with Gasteiger partial charge in [0.15, 0.2) is 0 Å². The highest BCUT2D eigenvalue weighted by Crippen LogP contribution is 2.08. The number of carbonyl (C=O) groups excluding carboxylic acids is 1. The number of rotatable bonds is 0. The molecule has 0 bridgehead atoms. The summed E-state index contributed by atoms with van der Waals surface area (Å²) in [5, 5.41) is 0. The van der Waals surface area contributed by atoms with E-state index in [2.05, 4.69) is 32.9 Å². The van der Waals surface area contributed by atoms with Gasteiger partial charge < -0.3 is 4.84 Å². The summed E-state index contributed by atoms with van der Waals surface area (Å²) >= 11 is 2.09. The van der Waals surface area contributed by atoms with Crippen molar-refractivity contribution in [3.8, 4) is 0 Å². The molecule has 0 aromatic heterocycles. The molecule has 4 heteroatoms. The zero-order chi connectivity index (χ0) is 5.28. The maximum absolute atomic E-state index is 10.2. The monoisotopic (exact) mass is 213 g/mol. The number of nitrogens with one attached hydrogen (secondary N) is 1. The summed E-state index contributed by atoms with van der Waals surface area (Å²) in [6.07, 6.45) is 0.487. The molecule has 1 unspecified atom stereocenters. The molecule has 1 N–H and O–H groups in total. The first kappa shape index (κ1) is 5.30. The van der Waals surface area contributed by atoms with Crippen molar-refractivity contribution in [2.45, 2.75) is 10.5 Å². The minimum absolute atomic E-state index is 0.167. The van der Waals surface area contributed by atoms with Crippen LogP contribution in [0, 0.1) is 0 Å². The molecule has 1 aliphatic rings. The van der Waals surface area contributed by atoms with Crippen LogP contribution in [0.5, 0.6) is 0 Å². The quantitative estimate of drug-likeness (QED) is 0.355. The molecule has 1 aliphatic heterocycles. The second kappa shape index (κ2) is 1.95. The Morgan fingerprint density at radius 3 is 2.86 bits per heavy atom. The smallest absolute Gasteiger partial charge is 0.327 e. The molecule has 0 spiro atoms. The van der Waals surface area contributed by atoms with Crippen molar-refractivity contribution in [2.75, 3.05) is 0 Å². The number of hydrogen-bond acceptors (Lipinski definition) is 3. The Balaban J connectivity index is 2.40. The maximum atomic E-state index is 10.2. The Labute approximate surface area is 54.5 Å². The van der Waals surface area contributed by atoms with Gasteiger partial charge >= 0.3 is 5.97 Å². The highest BCUT2D eigenvalue weighted by Gasteiger charge is 2.19. The molecule has 1 atom stereocenters. The van der Waals surface area contributed by atoms with E-state index in [9.17, 15) is 4.79 Å². The van der Waals surface area contributed by atoms with Gasteiger partial charge in [0.2, 0.25) is 0 Å². The first-order valence-corrected chi connectivity index (χ1v) is 3.13. The van der Waals surface area contributed by atoms with Gasteiger partial charge in [0.05, 0.1) is 6.42 Å². The van der Waals surface area contributed by atoms with E-state index in [0.717, 1.165) is 0 Å². The Kier molecular flexibility index (Phi) is 1.48. The van der Waals surface area contributed by atoms with Gasteiger partial charge in [-0.2, -0.15) is 0 Å². The summed E-state index contributed by atoms with van der Waals surface area (Å²) in [7, 11) is 0. The number of hydrogen-bond donors (Lipinski definition) is 1. The molecular formula is C3H4INO2. The summed E-state index contributed by atoms with van der Waals surface area (Å²) in [6, 6.07) is 0. The molecule has 0 aromatic rings. The molecule has 0 radical (unpaired) electrons. The van der Waals surface area contributed by atoms with Crippen molar-refractivity contribution < 1.29 is 9.63 Å². The molecule has 0 aliphatic carbocycles. The minimum Gasteiger partial charge on any atom is -0.370 e. The molecule has 0 aromatic carbocycles. The number of halogens is 1. The Hall–Kier alpha value is 0.160. The van der Waals surface area contributed by atoms with E-state index in [4.69, 9.17) is 0 Å². The molecule has 1 heterocycles. The van der Waals surface area contributed by atoms with Crippen LogP contribution in [0.4, 0.5) is 0 Å². The van der Waals surface area contributed by atoms with Crippen LogP contribution in [-0.4, -0.2) is 10.0 Å². The molecule has 7 heavy (non-hydrogen) atoms. The van der Waals surface area contributed by atoms with E-state index in [-0.39, 0.29) is 10.0 Å². The van der Waals surface area contributed by atoms with Gasteiger partial charge in [-0.05, 0) is 0 Å². The van der Waals surface area contributed by atoms with E-state index in [1.807, 2.05) is 0 Å². The topological polar surface area (TPSA) is 38.3 Å². The molecule has 0 amide bonds. The zero-order valence-corrected chi connectivity index (χ0v) is 5.64. The lowest BCUT2D eigenvalue weighted by atomic mass is 10.5. The van der Waals surface area contributed by atoms with Crippen molar-refractivity contribution >= 4 is 28.6 Å². The normalized spacial score (nSPS) is 30.4. The number of carbonyl (C=O) groups is 1. The maximum Gasteiger partial charge on any atom is 0.327 e. The summed E-state index contributed by atoms with van der Waals surface area (Å²) in [4.78, 5) is 14.5. The zero-order valence-electron chi connectivity index (χ0n) is 3.48. The van der Waals surface area contributed by atoms with Crippen LogP contribution in [0.3, 0.4) is 0 Å². The van der Waals surface area contributed by atoms with Crippen molar-refractivity contribution in [3.63, 3.8) is 0 Å². The van der Waals surface area contributed by atoms with E-state index >= 15 is 0 Å². The molecule has 40 valence electrons. The van der Waals surface area contributed by atoms with Crippen LogP contribution < -0.4 is 5.48 Å². The molecule has 3 nitrogen and oxygen atoms in total. The van der Waals surface area contributed by atoms with Gasteiger partial charge in [0, 0.05) is 0 Å². The highest BCUT2D eigenvalue weighted by atomic mass is 127. The summed E-state index contributed by atoms with van der Waals surface area (Å²) < 4.78 is 0.171. The van der Waals surface area contributed by atoms with Crippen LogP contribution in [0.1, 0.15) is 6.42 Å². The summed E-state index contributed by atoms with van der Waals surface area (Å²) in [5.74, 6) is -0.167. The molecule has 1 fully saturated rings. The molecule has 1 rings (SSSR count). The van der Waals surface area contributed by atoms with E-state index < -0.39 is 0 Å². The van der Waals surface area contributed by atoms with E-state index in [1.54, 1.807) is 0 Å². The average molecular weight is 213 g/mol. The lowest BCUT2D eigenvalue weighted by molar-refractivity contribution is -0.142. The number of alkyl halides is 1. The van der Waals surface area contributed by atoms with Crippen molar-refractivity contribution in [1.29, 1.82) is 0 Å². The second-order valence-electron chi connectivity index (χ2n) is 1.26. The van der Waals surface area contributed by atoms with Crippen molar-refractivity contribution in [1.82, 2.24) is 5.48 Å². The highest BCUT2D eigenvalue weighted by molar-refractivity contribution is 14.1. The Bertz CT molecular complexity index is 94.9. The van der Waals surface area contributed by atoms with Gasteiger partial charge in [-0.25, -0.2) is 0 Å². The fourth-order valence-electron chi connectivity index (χ4n) is 0.359. The largest absolute Gasteiger partial charge is 0.370 e. The van der Waals surface area contributed by atoms with Crippen molar-refractivity contribution in [2.24, 2.45) is 0 Å². The van der Waals surface area contributed by atoms with Crippen molar-refractivity contribution in [3.05, 3.63) is 0 Å². The van der Waals surface area contributed by atoms with Crippen LogP contribution in [0.15, 0.2) is 0 Å². The van der Waals surface area contributed by atoms with Crippen LogP contribution in [-0.2, 0) is 9.63 Å². The second-order valence-corrected chi connectivity index (χ2v) is 2.77. The molecule has 0 saturated carbocycles. The predicted molar refractivity (Wildman–Crippen MR) is 31.7 cm³/mol. The van der Waals surface area contributed by atoms with Gasteiger partial charge in [0.1, 0.15) is 4.05 Å². The third kappa shape index (κ3) is 1.27. The fourth-order valence-corrected chi connectivity index (χ4v) is 0.846. The fraction of sp³-hybridized carbons (Fsp3) is 0.667. The minimum atomic E-state index is -0.167. The SMILES string of the molecule is O=C1CC(I)NO1. The standard InChI is InChI=1S/C3H4INO2/c4-2-1-3(6)7-5-2/h2,5H,1H2. The lowest BCUT2D eigenvalue weighted by Gasteiger charge is -1.89. The van der Waals surface area contributed by atoms with Gasteiger partial charge in [-0.3, -0.25) is 4.79 Å². The average Bonchev–Trinajstić information content (AvgIpc) is 1.87. The van der Waals surface area contributed by atoms with Crippen LogP contribution >= 0.6 is 22.6 Å².